The van der Waals surface area contributed by atoms with Crippen LogP contribution >= 0.6 is 0 Å². The summed E-state index contributed by atoms with van der Waals surface area (Å²) >= 11 is 0. The number of carbonyl (C=O) groups excluding carboxylic acids is 1. The Labute approximate surface area is 195 Å². The fourth-order valence-corrected chi connectivity index (χ4v) is 4.01. The van der Waals surface area contributed by atoms with Crippen molar-refractivity contribution in [2.24, 2.45) is 0 Å². The summed E-state index contributed by atoms with van der Waals surface area (Å²) in [5, 5.41) is 11.5. The molecule has 0 aliphatic heterocycles. The Morgan fingerprint density at radius 2 is 1.85 bits per heavy atom. The standard InChI is InChI=1S/C26H26FN3O4/c1-4-26(33,5-2)23-14-28-25(29-23)30(16(3)31)15-17-6-11-20-21(13-24(32)34-22(20)12-17)18-7-9-19(27)10-8-18/h6-14,33H,4-5,15H2,1-3H3,(H,28,29). The zero-order valence-electron chi connectivity index (χ0n) is 19.3. The number of benzene rings is 2. The molecule has 2 heterocycles. The summed E-state index contributed by atoms with van der Waals surface area (Å²) in [6.07, 6.45) is 2.56. The fraction of sp³-hybridized carbons (Fsp3) is 0.269. The molecule has 2 N–H and O–H groups in total. The third-order valence-electron chi connectivity index (χ3n) is 6.17. The Bertz CT molecular complexity index is 1390. The molecule has 0 saturated heterocycles. The molecule has 1 amide bonds. The second-order valence-electron chi connectivity index (χ2n) is 8.28. The van der Waals surface area contributed by atoms with Gasteiger partial charge >= 0.3 is 5.63 Å². The minimum Gasteiger partial charge on any atom is -0.423 e. The second kappa shape index (κ2) is 9.23. The number of amides is 1. The number of hydrogen-bond acceptors (Lipinski definition) is 5. The summed E-state index contributed by atoms with van der Waals surface area (Å²) < 4.78 is 18.8. The van der Waals surface area contributed by atoms with Gasteiger partial charge in [-0.2, -0.15) is 0 Å². The molecule has 0 atom stereocenters. The first kappa shape index (κ1) is 23.4. The van der Waals surface area contributed by atoms with Gasteiger partial charge in [-0.05, 0) is 47.7 Å². The molecule has 0 spiro atoms. The first-order valence-corrected chi connectivity index (χ1v) is 11.1. The van der Waals surface area contributed by atoms with Gasteiger partial charge in [0.2, 0.25) is 11.9 Å². The first-order valence-electron chi connectivity index (χ1n) is 11.1. The van der Waals surface area contributed by atoms with Crippen LogP contribution in [-0.2, 0) is 16.9 Å². The van der Waals surface area contributed by atoms with E-state index in [0.717, 1.165) is 5.56 Å². The van der Waals surface area contributed by atoms with Crippen molar-refractivity contribution in [3.05, 3.63) is 82.2 Å². The lowest BCUT2D eigenvalue weighted by atomic mass is 9.94. The first-order chi connectivity index (χ1) is 16.2. The van der Waals surface area contributed by atoms with E-state index in [1.165, 1.54) is 30.0 Å². The fourth-order valence-electron chi connectivity index (χ4n) is 4.01. The number of H-pyrrole nitrogens is 1. The summed E-state index contributed by atoms with van der Waals surface area (Å²) in [5.74, 6) is -0.275. The Balaban J connectivity index is 1.69. The number of anilines is 1. The summed E-state index contributed by atoms with van der Waals surface area (Å²) in [7, 11) is 0. The van der Waals surface area contributed by atoms with Crippen molar-refractivity contribution in [2.45, 2.75) is 45.8 Å². The SMILES string of the molecule is CCC(O)(CC)c1cnc(N(Cc2ccc3c(-c4ccc(F)cc4)cc(=O)oc3c2)C(C)=O)[nH]1. The van der Waals surface area contributed by atoms with Crippen molar-refractivity contribution in [3.63, 3.8) is 0 Å². The Morgan fingerprint density at radius 1 is 1.15 bits per heavy atom. The average Bonchev–Trinajstić information content (AvgIpc) is 3.32. The van der Waals surface area contributed by atoms with E-state index in [1.54, 1.807) is 24.4 Å². The summed E-state index contributed by atoms with van der Waals surface area (Å²) in [4.78, 5) is 33.5. The topological polar surface area (TPSA) is 99.4 Å². The highest BCUT2D eigenvalue weighted by atomic mass is 19.1. The molecular formula is C26H26FN3O4. The van der Waals surface area contributed by atoms with Crippen LogP contribution in [0.25, 0.3) is 22.1 Å². The monoisotopic (exact) mass is 463 g/mol. The largest absolute Gasteiger partial charge is 0.423 e. The number of halogens is 1. The highest BCUT2D eigenvalue weighted by Gasteiger charge is 2.28. The number of aliphatic hydroxyl groups is 1. The molecule has 2 aromatic heterocycles. The molecule has 0 radical (unpaired) electrons. The van der Waals surface area contributed by atoms with Gasteiger partial charge in [-0.1, -0.05) is 38.1 Å². The van der Waals surface area contributed by atoms with Crippen LogP contribution in [0.2, 0.25) is 0 Å². The van der Waals surface area contributed by atoms with Gasteiger partial charge in [0, 0.05) is 18.4 Å². The molecule has 0 unspecified atom stereocenters. The lowest BCUT2D eigenvalue weighted by Gasteiger charge is -2.24. The van der Waals surface area contributed by atoms with Gasteiger partial charge in [-0.3, -0.25) is 9.69 Å². The van der Waals surface area contributed by atoms with Crippen LogP contribution in [0.1, 0.15) is 44.9 Å². The Morgan fingerprint density at radius 3 is 2.50 bits per heavy atom. The van der Waals surface area contributed by atoms with Crippen molar-refractivity contribution >= 4 is 22.8 Å². The summed E-state index contributed by atoms with van der Waals surface area (Å²) in [6.45, 7) is 5.38. The van der Waals surface area contributed by atoms with E-state index in [1.807, 2.05) is 26.0 Å². The summed E-state index contributed by atoms with van der Waals surface area (Å²) in [5.41, 5.74) is 1.39. The van der Waals surface area contributed by atoms with E-state index >= 15 is 0 Å². The smallest absolute Gasteiger partial charge is 0.336 e. The molecule has 0 saturated carbocycles. The van der Waals surface area contributed by atoms with Gasteiger partial charge in [0.25, 0.3) is 0 Å². The third kappa shape index (κ3) is 4.49. The van der Waals surface area contributed by atoms with Crippen LogP contribution in [0.3, 0.4) is 0 Å². The van der Waals surface area contributed by atoms with E-state index in [2.05, 4.69) is 9.97 Å². The van der Waals surface area contributed by atoms with E-state index in [4.69, 9.17) is 4.42 Å². The highest BCUT2D eigenvalue weighted by molar-refractivity contribution is 5.94. The molecule has 4 aromatic rings. The molecule has 7 nitrogen and oxygen atoms in total. The minimum absolute atomic E-state index is 0.180. The average molecular weight is 464 g/mol. The molecule has 2 aromatic carbocycles. The zero-order valence-corrected chi connectivity index (χ0v) is 19.3. The lowest BCUT2D eigenvalue weighted by molar-refractivity contribution is -0.116. The molecule has 0 bridgehead atoms. The van der Waals surface area contributed by atoms with Gasteiger partial charge in [0.15, 0.2) is 0 Å². The maximum atomic E-state index is 13.3. The van der Waals surface area contributed by atoms with Crippen molar-refractivity contribution in [2.75, 3.05) is 4.90 Å². The molecule has 0 fully saturated rings. The Hall–Kier alpha value is -3.78. The predicted molar refractivity (Wildman–Crippen MR) is 128 cm³/mol. The van der Waals surface area contributed by atoms with Gasteiger partial charge in [-0.15, -0.1) is 0 Å². The number of fused-ring (bicyclic) bond motifs is 1. The predicted octanol–water partition coefficient (Wildman–Crippen LogP) is 4.88. The number of aromatic amines is 1. The quantitative estimate of drug-likeness (QED) is 0.381. The van der Waals surface area contributed by atoms with Gasteiger partial charge < -0.3 is 14.5 Å². The normalized spacial score (nSPS) is 11.7. The molecule has 4 rings (SSSR count). The number of aromatic nitrogens is 2. The minimum atomic E-state index is -1.04. The van der Waals surface area contributed by atoms with Crippen LogP contribution in [0.5, 0.6) is 0 Å². The van der Waals surface area contributed by atoms with Crippen molar-refractivity contribution in [1.82, 2.24) is 9.97 Å². The summed E-state index contributed by atoms with van der Waals surface area (Å²) in [6, 6.07) is 12.6. The molecule has 0 aliphatic carbocycles. The van der Waals surface area contributed by atoms with Gasteiger partial charge in [-0.25, -0.2) is 14.2 Å². The molecule has 176 valence electrons. The van der Waals surface area contributed by atoms with Gasteiger partial charge in [0.05, 0.1) is 18.4 Å². The van der Waals surface area contributed by atoms with E-state index in [0.29, 0.717) is 46.6 Å². The van der Waals surface area contributed by atoms with Crippen LogP contribution < -0.4 is 10.5 Å². The third-order valence-corrected chi connectivity index (χ3v) is 6.17. The lowest BCUT2D eigenvalue weighted by Crippen LogP contribution is -2.29. The molecule has 0 aliphatic rings. The maximum Gasteiger partial charge on any atom is 0.336 e. The van der Waals surface area contributed by atoms with Crippen LogP contribution in [0.15, 0.2) is 63.9 Å². The number of imidazole rings is 1. The van der Waals surface area contributed by atoms with Gasteiger partial charge in [0.1, 0.15) is 17.0 Å². The molecular weight excluding hydrogens is 437 g/mol. The zero-order chi connectivity index (χ0) is 24.5. The second-order valence-corrected chi connectivity index (χ2v) is 8.28. The van der Waals surface area contributed by atoms with E-state index in [9.17, 15) is 19.1 Å². The number of hydrogen-bond donors (Lipinski definition) is 2. The number of nitrogens with zero attached hydrogens (tertiary/aromatic N) is 2. The van der Waals surface area contributed by atoms with E-state index < -0.39 is 11.2 Å². The Kier molecular flexibility index (Phi) is 6.34. The number of carbonyl (C=O) groups is 1. The molecule has 8 heteroatoms. The van der Waals surface area contributed by atoms with Crippen LogP contribution in [-0.4, -0.2) is 21.0 Å². The van der Waals surface area contributed by atoms with Crippen molar-refractivity contribution < 1.29 is 18.7 Å². The maximum absolute atomic E-state index is 13.3. The van der Waals surface area contributed by atoms with Crippen molar-refractivity contribution in [3.8, 4) is 11.1 Å². The van der Waals surface area contributed by atoms with Crippen molar-refractivity contribution in [1.29, 1.82) is 0 Å². The number of rotatable bonds is 7. The van der Waals surface area contributed by atoms with Crippen LogP contribution in [0, 0.1) is 5.82 Å². The van der Waals surface area contributed by atoms with E-state index in [-0.39, 0.29) is 18.3 Å². The van der Waals surface area contributed by atoms with Crippen LogP contribution in [0.4, 0.5) is 10.3 Å². The molecule has 34 heavy (non-hydrogen) atoms. The highest BCUT2D eigenvalue weighted by Crippen LogP contribution is 2.30. The number of nitrogens with one attached hydrogen (secondary N) is 1.